The predicted octanol–water partition coefficient (Wildman–Crippen LogP) is 0.891. The highest BCUT2D eigenvalue weighted by Gasteiger charge is 2.29. The molecule has 0 rings (SSSR count). The molecule has 0 aliphatic heterocycles. The molecule has 15 heavy (non-hydrogen) atoms. The second-order valence-electron chi connectivity index (χ2n) is 4.09. The molecule has 0 spiro atoms. The maximum absolute atomic E-state index is 11.4. The molecule has 0 heterocycles. The zero-order valence-corrected chi connectivity index (χ0v) is 9.19. The van der Waals surface area contributed by atoms with Crippen LogP contribution in [0.4, 0.5) is 0 Å². The second kappa shape index (κ2) is 5.38. The number of carbonyl (C=O) groups excluding carboxylic acids is 1. The van der Waals surface area contributed by atoms with Crippen molar-refractivity contribution in [3.63, 3.8) is 0 Å². The van der Waals surface area contributed by atoms with Crippen molar-refractivity contribution in [1.29, 1.82) is 0 Å². The fourth-order valence-electron chi connectivity index (χ4n) is 0.885. The molecule has 3 N–H and O–H groups in total. The first-order valence-electron chi connectivity index (χ1n) is 4.60. The van der Waals surface area contributed by atoms with Crippen LogP contribution in [0.25, 0.3) is 0 Å². The van der Waals surface area contributed by atoms with Crippen LogP contribution in [0, 0.1) is 5.92 Å². The molecule has 1 atom stereocenters. The Bertz CT molecular complexity index is 265. The van der Waals surface area contributed by atoms with Crippen molar-refractivity contribution in [2.45, 2.75) is 32.8 Å². The number of aliphatic carboxylic acids is 1. The summed E-state index contributed by atoms with van der Waals surface area (Å²) in [6.45, 7) is 5.05. The van der Waals surface area contributed by atoms with Crippen molar-refractivity contribution in [3.05, 3.63) is 12.3 Å². The lowest BCUT2D eigenvalue weighted by Crippen LogP contribution is -2.32. The van der Waals surface area contributed by atoms with E-state index in [-0.39, 0.29) is 6.42 Å². The van der Waals surface area contributed by atoms with Crippen molar-refractivity contribution in [2.75, 3.05) is 0 Å². The molecule has 0 aromatic heterocycles. The molecule has 0 aromatic rings. The molecule has 0 aliphatic carbocycles. The van der Waals surface area contributed by atoms with E-state index in [4.69, 9.17) is 15.6 Å². The molecule has 86 valence electrons. The fourth-order valence-corrected chi connectivity index (χ4v) is 0.885. The lowest BCUT2D eigenvalue weighted by molar-refractivity contribution is -0.166. The van der Waals surface area contributed by atoms with Crippen molar-refractivity contribution in [1.82, 2.24) is 0 Å². The molecule has 0 radical (unpaired) electrons. The van der Waals surface area contributed by atoms with E-state index in [2.05, 4.69) is 0 Å². The Labute approximate surface area is 88.9 Å². The summed E-state index contributed by atoms with van der Waals surface area (Å²) in [7, 11) is 0. The number of hydrogen-bond acceptors (Lipinski definition) is 4. The SMILES string of the molecule is CC(C)(C)OC(=O)[C@@H](CC=CN)C(=O)O. The molecule has 0 unspecified atom stereocenters. The lowest BCUT2D eigenvalue weighted by Gasteiger charge is -2.21. The summed E-state index contributed by atoms with van der Waals surface area (Å²) in [6, 6.07) is 0. The monoisotopic (exact) mass is 215 g/mol. The first kappa shape index (κ1) is 13.5. The van der Waals surface area contributed by atoms with Crippen molar-refractivity contribution in [2.24, 2.45) is 11.7 Å². The molecule has 0 bridgehead atoms. The largest absolute Gasteiger partial charge is 0.481 e. The summed E-state index contributed by atoms with van der Waals surface area (Å²) in [6.07, 6.45) is 2.67. The molecule has 0 saturated heterocycles. The van der Waals surface area contributed by atoms with E-state index >= 15 is 0 Å². The summed E-state index contributed by atoms with van der Waals surface area (Å²) >= 11 is 0. The molecule has 0 fully saturated rings. The van der Waals surface area contributed by atoms with Crippen LogP contribution in [0.2, 0.25) is 0 Å². The van der Waals surface area contributed by atoms with Gasteiger partial charge in [-0.15, -0.1) is 0 Å². The van der Waals surface area contributed by atoms with Gasteiger partial charge in [-0.1, -0.05) is 6.08 Å². The fraction of sp³-hybridized carbons (Fsp3) is 0.600. The highest BCUT2D eigenvalue weighted by atomic mass is 16.6. The van der Waals surface area contributed by atoms with Gasteiger partial charge in [0.05, 0.1) is 0 Å². The van der Waals surface area contributed by atoms with Gasteiger partial charge in [-0.05, 0) is 33.4 Å². The Morgan fingerprint density at radius 3 is 2.33 bits per heavy atom. The van der Waals surface area contributed by atoms with Gasteiger partial charge in [-0.25, -0.2) is 0 Å². The Kier molecular flexibility index (Phi) is 4.84. The summed E-state index contributed by atoms with van der Waals surface area (Å²) in [5, 5.41) is 8.79. The molecule has 0 aromatic carbocycles. The highest BCUT2D eigenvalue weighted by Crippen LogP contribution is 2.14. The van der Waals surface area contributed by atoms with E-state index < -0.39 is 23.5 Å². The van der Waals surface area contributed by atoms with Gasteiger partial charge in [0.2, 0.25) is 0 Å². The molecular formula is C10H17NO4. The zero-order valence-electron chi connectivity index (χ0n) is 9.19. The molecule has 5 nitrogen and oxygen atoms in total. The molecule has 0 saturated carbocycles. The standard InChI is InChI=1S/C10H17NO4/c1-10(2,3)15-9(14)7(8(12)13)5-4-6-11/h4,6-7H,5,11H2,1-3H3,(H,12,13)/t7-/m0/s1. The van der Waals surface area contributed by atoms with Gasteiger partial charge in [0, 0.05) is 0 Å². The van der Waals surface area contributed by atoms with Gasteiger partial charge in [-0.3, -0.25) is 9.59 Å². The summed E-state index contributed by atoms with van der Waals surface area (Å²) in [5.41, 5.74) is 4.40. The Hall–Kier alpha value is -1.52. The van der Waals surface area contributed by atoms with E-state index in [0.29, 0.717) is 0 Å². The normalized spacial score (nSPS) is 13.8. The number of ether oxygens (including phenoxy) is 1. The topological polar surface area (TPSA) is 89.6 Å². The minimum atomic E-state index is -1.21. The lowest BCUT2D eigenvalue weighted by atomic mass is 10.1. The van der Waals surface area contributed by atoms with Crippen LogP contribution in [0.5, 0.6) is 0 Å². The van der Waals surface area contributed by atoms with E-state index in [1.165, 1.54) is 12.3 Å². The van der Waals surface area contributed by atoms with Gasteiger partial charge in [0.25, 0.3) is 0 Å². The molecule has 5 heteroatoms. The molecule has 0 aliphatic rings. The zero-order chi connectivity index (χ0) is 12.1. The van der Waals surface area contributed by atoms with Crippen LogP contribution in [-0.2, 0) is 14.3 Å². The van der Waals surface area contributed by atoms with E-state index in [0.717, 1.165) is 0 Å². The van der Waals surface area contributed by atoms with E-state index in [1.807, 2.05) is 0 Å². The van der Waals surface area contributed by atoms with Crippen LogP contribution in [0.3, 0.4) is 0 Å². The number of rotatable bonds is 4. The van der Waals surface area contributed by atoms with Gasteiger partial charge in [0.1, 0.15) is 5.60 Å². The number of carboxylic acid groups (broad SMARTS) is 1. The minimum absolute atomic E-state index is 0.0424. The van der Waals surface area contributed by atoms with E-state index in [1.54, 1.807) is 20.8 Å². The third-order valence-corrected chi connectivity index (χ3v) is 1.50. The van der Waals surface area contributed by atoms with Crippen molar-refractivity contribution in [3.8, 4) is 0 Å². The molecule has 0 amide bonds. The van der Waals surface area contributed by atoms with Crippen molar-refractivity contribution >= 4 is 11.9 Å². The number of carbonyl (C=O) groups is 2. The summed E-state index contributed by atoms with van der Waals surface area (Å²) in [4.78, 5) is 22.2. The van der Waals surface area contributed by atoms with Crippen LogP contribution in [0.1, 0.15) is 27.2 Å². The minimum Gasteiger partial charge on any atom is -0.481 e. The number of carboxylic acids is 1. The maximum atomic E-state index is 11.4. The summed E-state index contributed by atoms with van der Waals surface area (Å²) in [5.74, 6) is -3.14. The van der Waals surface area contributed by atoms with Gasteiger partial charge >= 0.3 is 11.9 Å². The summed E-state index contributed by atoms with van der Waals surface area (Å²) < 4.78 is 4.96. The third-order valence-electron chi connectivity index (χ3n) is 1.50. The Morgan fingerprint density at radius 1 is 1.47 bits per heavy atom. The first-order chi connectivity index (χ1) is 6.78. The number of nitrogens with two attached hydrogens (primary N) is 1. The van der Waals surface area contributed by atoms with Crippen molar-refractivity contribution < 1.29 is 19.4 Å². The smallest absolute Gasteiger partial charge is 0.321 e. The Morgan fingerprint density at radius 2 is 2.00 bits per heavy atom. The van der Waals surface area contributed by atoms with Crippen LogP contribution in [0.15, 0.2) is 12.3 Å². The van der Waals surface area contributed by atoms with Gasteiger partial charge in [0.15, 0.2) is 5.92 Å². The highest BCUT2D eigenvalue weighted by molar-refractivity contribution is 5.94. The van der Waals surface area contributed by atoms with Crippen LogP contribution < -0.4 is 5.73 Å². The van der Waals surface area contributed by atoms with Crippen LogP contribution in [-0.4, -0.2) is 22.6 Å². The number of allylic oxidation sites excluding steroid dienone is 1. The number of esters is 1. The average Bonchev–Trinajstić information content (AvgIpc) is 2.00. The maximum Gasteiger partial charge on any atom is 0.321 e. The quantitative estimate of drug-likeness (QED) is 0.537. The third kappa shape index (κ3) is 5.72. The van der Waals surface area contributed by atoms with Gasteiger partial charge in [-0.2, -0.15) is 0 Å². The number of hydrogen-bond donors (Lipinski definition) is 2. The second-order valence-corrected chi connectivity index (χ2v) is 4.09. The van der Waals surface area contributed by atoms with Gasteiger partial charge < -0.3 is 15.6 Å². The van der Waals surface area contributed by atoms with Crippen LogP contribution >= 0.6 is 0 Å². The average molecular weight is 215 g/mol. The molecular weight excluding hydrogens is 198 g/mol. The first-order valence-corrected chi connectivity index (χ1v) is 4.60. The predicted molar refractivity (Wildman–Crippen MR) is 54.9 cm³/mol. The van der Waals surface area contributed by atoms with E-state index in [9.17, 15) is 9.59 Å². The Balaban J connectivity index is 4.50.